The molecule has 1 aromatic rings. The predicted octanol–water partition coefficient (Wildman–Crippen LogP) is 2.52. The van der Waals surface area contributed by atoms with Crippen LogP contribution in [0.1, 0.15) is 18.4 Å². The Morgan fingerprint density at radius 3 is 2.78 bits per heavy atom. The molecule has 2 rings (SSSR count). The highest BCUT2D eigenvalue weighted by Gasteiger charge is 2.32. The summed E-state index contributed by atoms with van der Waals surface area (Å²) < 4.78 is 31.7. The van der Waals surface area contributed by atoms with E-state index >= 15 is 0 Å². The molecule has 0 aliphatic carbocycles. The number of benzene rings is 1. The Hall–Kier alpha value is -1.00. The fraction of sp³-hybridized carbons (Fsp3) is 0.571. The summed E-state index contributed by atoms with van der Waals surface area (Å²) >= 11 is 0. The second-order valence-corrected chi connectivity index (χ2v) is 5.11. The lowest BCUT2D eigenvalue weighted by atomic mass is 9.77. The standard InChI is InChI=1S/C14H19F2NO/c1-17-9-14(5-2-6-18-10-14)8-11-3-4-12(15)13(16)7-11/h3-4,7,17H,2,5-6,8-10H2,1H3. The summed E-state index contributed by atoms with van der Waals surface area (Å²) in [6.07, 6.45) is 2.78. The molecule has 0 bridgehead atoms. The van der Waals surface area contributed by atoms with E-state index in [1.165, 1.54) is 12.1 Å². The molecular weight excluding hydrogens is 236 g/mol. The lowest BCUT2D eigenvalue weighted by molar-refractivity contribution is -0.00627. The number of nitrogens with one attached hydrogen (secondary N) is 1. The van der Waals surface area contributed by atoms with Crippen molar-refractivity contribution in [1.29, 1.82) is 0 Å². The van der Waals surface area contributed by atoms with E-state index in [0.29, 0.717) is 13.0 Å². The van der Waals surface area contributed by atoms with E-state index in [-0.39, 0.29) is 5.41 Å². The smallest absolute Gasteiger partial charge is 0.159 e. The number of hydrogen-bond acceptors (Lipinski definition) is 2. The molecule has 1 saturated heterocycles. The maximum absolute atomic E-state index is 13.2. The average molecular weight is 255 g/mol. The van der Waals surface area contributed by atoms with Crippen LogP contribution in [0, 0.1) is 17.0 Å². The second kappa shape index (κ2) is 5.76. The molecular formula is C14H19F2NO. The molecule has 1 atom stereocenters. The fourth-order valence-corrected chi connectivity index (χ4v) is 2.71. The third-order valence-corrected chi connectivity index (χ3v) is 3.52. The van der Waals surface area contributed by atoms with E-state index in [1.807, 2.05) is 7.05 Å². The number of hydrogen-bond donors (Lipinski definition) is 1. The summed E-state index contributed by atoms with van der Waals surface area (Å²) in [5.74, 6) is -1.56. The zero-order chi connectivity index (χ0) is 13.0. The second-order valence-electron chi connectivity index (χ2n) is 5.11. The Kier molecular flexibility index (Phi) is 4.30. The SMILES string of the molecule is CNCC1(Cc2ccc(F)c(F)c2)CCCOC1. The van der Waals surface area contributed by atoms with Crippen LogP contribution >= 0.6 is 0 Å². The van der Waals surface area contributed by atoms with Crippen molar-refractivity contribution in [1.82, 2.24) is 5.32 Å². The van der Waals surface area contributed by atoms with E-state index in [1.54, 1.807) is 6.07 Å². The van der Waals surface area contributed by atoms with Gasteiger partial charge in [0.1, 0.15) is 0 Å². The largest absolute Gasteiger partial charge is 0.381 e. The first-order chi connectivity index (χ1) is 8.65. The van der Waals surface area contributed by atoms with Crippen LogP contribution in [-0.4, -0.2) is 26.8 Å². The van der Waals surface area contributed by atoms with Crippen LogP contribution < -0.4 is 5.32 Å². The molecule has 0 saturated carbocycles. The van der Waals surface area contributed by atoms with Gasteiger partial charge in [-0.1, -0.05) is 6.07 Å². The predicted molar refractivity (Wildman–Crippen MR) is 66.5 cm³/mol. The number of halogens is 2. The zero-order valence-electron chi connectivity index (χ0n) is 10.6. The van der Waals surface area contributed by atoms with Crippen molar-refractivity contribution in [3.8, 4) is 0 Å². The van der Waals surface area contributed by atoms with Crippen LogP contribution in [-0.2, 0) is 11.2 Å². The molecule has 1 aliphatic rings. The van der Waals surface area contributed by atoms with Gasteiger partial charge in [-0.25, -0.2) is 8.78 Å². The van der Waals surface area contributed by atoms with Crippen molar-refractivity contribution in [2.24, 2.45) is 5.41 Å². The highest BCUT2D eigenvalue weighted by molar-refractivity contribution is 5.19. The lowest BCUT2D eigenvalue weighted by Gasteiger charge is -2.37. The molecule has 1 aliphatic heterocycles. The Labute approximate surface area is 106 Å². The molecule has 0 aromatic heterocycles. The Morgan fingerprint density at radius 2 is 2.17 bits per heavy atom. The van der Waals surface area contributed by atoms with Gasteiger partial charge in [-0.05, 0) is 44.0 Å². The van der Waals surface area contributed by atoms with Gasteiger partial charge < -0.3 is 10.1 Å². The monoisotopic (exact) mass is 255 g/mol. The zero-order valence-corrected chi connectivity index (χ0v) is 10.6. The van der Waals surface area contributed by atoms with E-state index < -0.39 is 11.6 Å². The lowest BCUT2D eigenvalue weighted by Crippen LogP contribution is -2.41. The first kappa shape index (κ1) is 13.4. The average Bonchev–Trinajstić information content (AvgIpc) is 2.35. The van der Waals surface area contributed by atoms with Gasteiger partial charge in [0.05, 0.1) is 6.61 Å². The van der Waals surface area contributed by atoms with Crippen LogP contribution in [0.4, 0.5) is 8.78 Å². The van der Waals surface area contributed by atoms with Crippen molar-refractivity contribution in [3.63, 3.8) is 0 Å². The van der Waals surface area contributed by atoms with E-state index in [2.05, 4.69) is 5.32 Å². The van der Waals surface area contributed by atoms with E-state index in [4.69, 9.17) is 4.74 Å². The maximum atomic E-state index is 13.2. The molecule has 4 heteroatoms. The van der Waals surface area contributed by atoms with E-state index in [9.17, 15) is 8.78 Å². The van der Waals surface area contributed by atoms with Crippen LogP contribution in [0.5, 0.6) is 0 Å². The fourth-order valence-electron chi connectivity index (χ4n) is 2.71. The first-order valence-corrected chi connectivity index (χ1v) is 6.31. The molecule has 1 N–H and O–H groups in total. The Morgan fingerprint density at radius 1 is 1.33 bits per heavy atom. The molecule has 1 unspecified atom stereocenters. The molecule has 1 aromatic carbocycles. The minimum atomic E-state index is -0.790. The third-order valence-electron chi connectivity index (χ3n) is 3.52. The molecule has 0 radical (unpaired) electrons. The Bertz CT molecular complexity index is 397. The van der Waals surface area contributed by atoms with Crippen molar-refractivity contribution in [3.05, 3.63) is 35.4 Å². The molecule has 2 nitrogen and oxygen atoms in total. The van der Waals surface area contributed by atoms with Crippen LogP contribution in [0.25, 0.3) is 0 Å². The topological polar surface area (TPSA) is 21.3 Å². The molecule has 1 fully saturated rings. The number of ether oxygens (including phenoxy) is 1. The van der Waals surface area contributed by atoms with Gasteiger partial charge in [-0.15, -0.1) is 0 Å². The first-order valence-electron chi connectivity index (χ1n) is 6.31. The van der Waals surface area contributed by atoms with Crippen LogP contribution in [0.15, 0.2) is 18.2 Å². The Balaban J connectivity index is 2.14. The van der Waals surface area contributed by atoms with Crippen molar-refractivity contribution in [2.75, 3.05) is 26.8 Å². The van der Waals surface area contributed by atoms with Gasteiger partial charge in [-0.3, -0.25) is 0 Å². The minimum Gasteiger partial charge on any atom is -0.381 e. The molecule has 100 valence electrons. The highest BCUT2D eigenvalue weighted by atomic mass is 19.2. The van der Waals surface area contributed by atoms with Crippen LogP contribution in [0.3, 0.4) is 0 Å². The normalized spacial score (nSPS) is 24.2. The molecule has 1 heterocycles. The summed E-state index contributed by atoms with van der Waals surface area (Å²) in [5.41, 5.74) is 0.826. The van der Waals surface area contributed by atoms with Gasteiger partial charge in [0.2, 0.25) is 0 Å². The highest BCUT2D eigenvalue weighted by Crippen LogP contribution is 2.32. The van der Waals surface area contributed by atoms with Crippen molar-refractivity contribution < 1.29 is 13.5 Å². The quantitative estimate of drug-likeness (QED) is 0.892. The molecule has 18 heavy (non-hydrogen) atoms. The number of rotatable bonds is 4. The summed E-state index contributed by atoms with van der Waals surface area (Å²) in [7, 11) is 1.90. The van der Waals surface area contributed by atoms with Gasteiger partial charge in [0.15, 0.2) is 11.6 Å². The van der Waals surface area contributed by atoms with E-state index in [0.717, 1.165) is 31.6 Å². The summed E-state index contributed by atoms with van der Waals surface area (Å²) in [6, 6.07) is 4.15. The summed E-state index contributed by atoms with van der Waals surface area (Å²) in [4.78, 5) is 0. The van der Waals surface area contributed by atoms with Crippen molar-refractivity contribution >= 4 is 0 Å². The summed E-state index contributed by atoms with van der Waals surface area (Å²) in [6.45, 7) is 2.29. The van der Waals surface area contributed by atoms with Gasteiger partial charge in [-0.2, -0.15) is 0 Å². The maximum Gasteiger partial charge on any atom is 0.159 e. The van der Waals surface area contributed by atoms with Gasteiger partial charge >= 0.3 is 0 Å². The third kappa shape index (κ3) is 3.06. The van der Waals surface area contributed by atoms with Gasteiger partial charge in [0.25, 0.3) is 0 Å². The van der Waals surface area contributed by atoms with Gasteiger partial charge in [0, 0.05) is 18.6 Å². The minimum absolute atomic E-state index is 0.00271. The van der Waals surface area contributed by atoms with Crippen molar-refractivity contribution in [2.45, 2.75) is 19.3 Å². The van der Waals surface area contributed by atoms with Crippen LogP contribution in [0.2, 0.25) is 0 Å². The molecule has 0 spiro atoms. The summed E-state index contributed by atoms with van der Waals surface area (Å²) in [5, 5.41) is 3.18. The molecule has 0 amide bonds.